The Balaban J connectivity index is 2.15. The van der Waals surface area contributed by atoms with Crippen LogP contribution in [-0.4, -0.2) is 38.0 Å². The van der Waals surface area contributed by atoms with Crippen LogP contribution in [0, 0.1) is 0 Å². The summed E-state index contributed by atoms with van der Waals surface area (Å²) < 4.78 is 11.0. The summed E-state index contributed by atoms with van der Waals surface area (Å²) in [5.41, 5.74) is -0.0387. The third kappa shape index (κ3) is 4.96. The quantitative estimate of drug-likeness (QED) is 0.734. The molecule has 1 aliphatic heterocycles. The fourth-order valence-corrected chi connectivity index (χ4v) is 2.03. The van der Waals surface area contributed by atoms with Gasteiger partial charge >= 0.3 is 0 Å². The fourth-order valence-electron chi connectivity index (χ4n) is 2.03. The molecule has 0 radical (unpaired) electrons. The minimum Gasteiger partial charge on any atom is -0.379 e. The van der Waals surface area contributed by atoms with Crippen molar-refractivity contribution in [2.75, 3.05) is 20.3 Å². The van der Waals surface area contributed by atoms with Crippen molar-refractivity contribution >= 4 is 0 Å². The Kier molecular flexibility index (Phi) is 5.03. The second kappa shape index (κ2) is 5.83. The normalized spacial score (nSPS) is 24.4. The summed E-state index contributed by atoms with van der Waals surface area (Å²) in [6, 6.07) is 0.476. The Morgan fingerprint density at radius 2 is 2.27 bits per heavy atom. The van der Waals surface area contributed by atoms with Gasteiger partial charge in [0.2, 0.25) is 0 Å². The van der Waals surface area contributed by atoms with Crippen molar-refractivity contribution in [3.05, 3.63) is 0 Å². The molecule has 1 N–H and O–H groups in total. The zero-order chi connectivity index (χ0) is 11.3. The Morgan fingerprint density at radius 3 is 2.80 bits per heavy atom. The fraction of sp³-hybridized carbons (Fsp3) is 1.00. The van der Waals surface area contributed by atoms with E-state index < -0.39 is 0 Å². The Morgan fingerprint density at radius 1 is 1.53 bits per heavy atom. The number of methoxy groups -OCH3 is 1. The van der Waals surface area contributed by atoms with Gasteiger partial charge in [0.15, 0.2) is 0 Å². The molecule has 15 heavy (non-hydrogen) atoms. The van der Waals surface area contributed by atoms with Crippen LogP contribution in [0.5, 0.6) is 0 Å². The number of hydrogen-bond acceptors (Lipinski definition) is 3. The van der Waals surface area contributed by atoms with Crippen LogP contribution in [0.15, 0.2) is 0 Å². The van der Waals surface area contributed by atoms with Crippen LogP contribution in [0.3, 0.4) is 0 Å². The maximum Gasteiger partial charge on any atom is 0.0700 e. The lowest BCUT2D eigenvalue weighted by Crippen LogP contribution is -2.39. The van der Waals surface area contributed by atoms with E-state index >= 15 is 0 Å². The lowest BCUT2D eigenvalue weighted by Gasteiger charge is -2.27. The zero-order valence-corrected chi connectivity index (χ0v) is 10.5. The molecule has 1 rings (SSSR count). The van der Waals surface area contributed by atoms with Crippen LogP contribution >= 0.6 is 0 Å². The third-order valence-corrected chi connectivity index (χ3v) is 3.07. The molecule has 0 aromatic carbocycles. The van der Waals surface area contributed by atoms with E-state index in [4.69, 9.17) is 9.47 Å². The van der Waals surface area contributed by atoms with E-state index in [1.807, 2.05) is 0 Å². The van der Waals surface area contributed by atoms with Gasteiger partial charge in [-0.05, 0) is 40.0 Å². The molecular formula is C12H25NO2. The van der Waals surface area contributed by atoms with Crippen molar-refractivity contribution in [2.24, 2.45) is 0 Å². The molecular weight excluding hydrogens is 190 g/mol. The van der Waals surface area contributed by atoms with Gasteiger partial charge in [-0.2, -0.15) is 0 Å². The van der Waals surface area contributed by atoms with Crippen LogP contribution in [0.2, 0.25) is 0 Å². The molecule has 0 bridgehead atoms. The monoisotopic (exact) mass is 215 g/mol. The van der Waals surface area contributed by atoms with Crippen molar-refractivity contribution < 1.29 is 9.47 Å². The van der Waals surface area contributed by atoms with E-state index in [1.54, 1.807) is 7.11 Å². The van der Waals surface area contributed by atoms with E-state index in [1.165, 1.54) is 12.8 Å². The maximum absolute atomic E-state index is 5.57. The molecule has 3 heteroatoms. The molecule has 0 spiro atoms. The molecule has 90 valence electrons. The highest BCUT2D eigenvalue weighted by molar-refractivity contribution is 4.77. The molecule has 1 aliphatic rings. The van der Waals surface area contributed by atoms with E-state index in [0.29, 0.717) is 12.1 Å². The lowest BCUT2D eigenvalue weighted by atomic mass is 10.00. The number of ether oxygens (including phenoxy) is 2. The van der Waals surface area contributed by atoms with Crippen LogP contribution in [0.1, 0.15) is 40.0 Å². The summed E-state index contributed by atoms with van der Waals surface area (Å²) in [7, 11) is 1.77. The first kappa shape index (κ1) is 12.9. The molecule has 0 aromatic rings. The average Bonchev–Trinajstić information content (AvgIpc) is 2.66. The summed E-state index contributed by atoms with van der Waals surface area (Å²) in [4.78, 5) is 0. The summed E-state index contributed by atoms with van der Waals surface area (Å²) in [5.74, 6) is 0. The summed E-state index contributed by atoms with van der Waals surface area (Å²) in [5, 5.41) is 3.51. The minimum atomic E-state index is -0.0387. The lowest BCUT2D eigenvalue weighted by molar-refractivity contribution is 0.00716. The van der Waals surface area contributed by atoms with Gasteiger partial charge in [-0.1, -0.05) is 0 Å². The summed E-state index contributed by atoms with van der Waals surface area (Å²) in [6.07, 6.45) is 3.87. The SMILES string of the molecule is COC(C)(C)C[C@@H](C)NC[C@@H]1CCCO1. The molecule has 1 fully saturated rings. The second-order valence-corrected chi connectivity index (χ2v) is 5.11. The smallest absolute Gasteiger partial charge is 0.0700 e. The van der Waals surface area contributed by atoms with Crippen LogP contribution in [0.25, 0.3) is 0 Å². The van der Waals surface area contributed by atoms with Crippen molar-refractivity contribution in [3.8, 4) is 0 Å². The van der Waals surface area contributed by atoms with Gasteiger partial charge in [-0.25, -0.2) is 0 Å². The summed E-state index contributed by atoms with van der Waals surface area (Å²) in [6.45, 7) is 8.36. The van der Waals surface area contributed by atoms with E-state index in [2.05, 4.69) is 26.1 Å². The van der Waals surface area contributed by atoms with E-state index in [-0.39, 0.29) is 5.60 Å². The Labute approximate surface area is 93.5 Å². The van der Waals surface area contributed by atoms with Crippen LogP contribution < -0.4 is 5.32 Å². The topological polar surface area (TPSA) is 30.5 Å². The van der Waals surface area contributed by atoms with Crippen molar-refractivity contribution in [1.29, 1.82) is 0 Å². The Hall–Kier alpha value is -0.120. The highest BCUT2D eigenvalue weighted by Gasteiger charge is 2.21. The average molecular weight is 215 g/mol. The number of hydrogen-bond donors (Lipinski definition) is 1. The van der Waals surface area contributed by atoms with Crippen molar-refractivity contribution in [1.82, 2.24) is 5.32 Å². The first-order valence-corrected chi connectivity index (χ1v) is 5.93. The van der Waals surface area contributed by atoms with Gasteiger partial charge in [0, 0.05) is 26.3 Å². The molecule has 2 atom stereocenters. The zero-order valence-electron chi connectivity index (χ0n) is 10.5. The van der Waals surface area contributed by atoms with E-state index in [9.17, 15) is 0 Å². The molecule has 3 nitrogen and oxygen atoms in total. The highest BCUT2D eigenvalue weighted by atomic mass is 16.5. The minimum absolute atomic E-state index is 0.0387. The van der Waals surface area contributed by atoms with Crippen LogP contribution in [-0.2, 0) is 9.47 Å². The standard InChI is InChI=1S/C12H25NO2/c1-10(8-12(2,3)14-4)13-9-11-6-5-7-15-11/h10-11,13H,5-9H2,1-4H3/t10-,11+/m1/s1. The molecule has 1 saturated heterocycles. The predicted octanol–water partition coefficient (Wildman–Crippen LogP) is 1.96. The molecule has 0 aliphatic carbocycles. The van der Waals surface area contributed by atoms with Gasteiger partial charge < -0.3 is 14.8 Å². The van der Waals surface area contributed by atoms with Crippen LogP contribution in [0.4, 0.5) is 0 Å². The first-order valence-electron chi connectivity index (χ1n) is 5.93. The van der Waals surface area contributed by atoms with Crippen molar-refractivity contribution in [3.63, 3.8) is 0 Å². The molecule has 0 aromatic heterocycles. The maximum atomic E-state index is 5.57. The number of rotatable bonds is 6. The van der Waals surface area contributed by atoms with Gasteiger partial charge in [0.25, 0.3) is 0 Å². The van der Waals surface area contributed by atoms with E-state index in [0.717, 1.165) is 19.6 Å². The second-order valence-electron chi connectivity index (χ2n) is 5.11. The van der Waals surface area contributed by atoms with Crippen molar-refractivity contribution in [2.45, 2.75) is 57.8 Å². The molecule has 1 heterocycles. The third-order valence-electron chi connectivity index (χ3n) is 3.07. The largest absolute Gasteiger partial charge is 0.379 e. The van der Waals surface area contributed by atoms with Gasteiger partial charge in [-0.3, -0.25) is 0 Å². The van der Waals surface area contributed by atoms with Gasteiger partial charge in [0.05, 0.1) is 11.7 Å². The molecule has 0 unspecified atom stereocenters. The number of nitrogens with one attached hydrogen (secondary N) is 1. The first-order chi connectivity index (χ1) is 7.03. The highest BCUT2D eigenvalue weighted by Crippen LogP contribution is 2.16. The Bertz CT molecular complexity index is 176. The predicted molar refractivity (Wildman–Crippen MR) is 62.1 cm³/mol. The van der Waals surface area contributed by atoms with Gasteiger partial charge in [-0.15, -0.1) is 0 Å². The molecule has 0 amide bonds. The van der Waals surface area contributed by atoms with Gasteiger partial charge in [0.1, 0.15) is 0 Å². The molecule has 0 saturated carbocycles. The summed E-state index contributed by atoms with van der Waals surface area (Å²) >= 11 is 0.